The standard InChI is InChI=1S/C22H29N3O2S/c1-2-17-9-5-6-10-19(17)24-22(27)21(26)23-15-20(18-11-14-28-16-18)25-12-7-3-4-8-13-25/h5-6,9-11,14,16,20H,2-4,7-8,12-13,15H2,1H3,(H,23,26)(H,24,27). The van der Waals surface area contributed by atoms with Crippen molar-refractivity contribution in [1.29, 1.82) is 0 Å². The molecule has 1 saturated heterocycles. The van der Waals surface area contributed by atoms with Gasteiger partial charge >= 0.3 is 11.8 Å². The molecule has 150 valence electrons. The number of carbonyl (C=O) groups is 2. The highest BCUT2D eigenvalue weighted by molar-refractivity contribution is 7.08. The van der Waals surface area contributed by atoms with Crippen LogP contribution in [0.4, 0.5) is 5.69 Å². The van der Waals surface area contributed by atoms with Crippen LogP contribution in [0.3, 0.4) is 0 Å². The van der Waals surface area contributed by atoms with Gasteiger partial charge in [-0.1, -0.05) is 38.0 Å². The van der Waals surface area contributed by atoms with Crippen LogP contribution in [0.1, 0.15) is 49.8 Å². The Morgan fingerprint density at radius 3 is 2.50 bits per heavy atom. The van der Waals surface area contributed by atoms with Crippen LogP contribution >= 0.6 is 11.3 Å². The summed E-state index contributed by atoms with van der Waals surface area (Å²) in [4.78, 5) is 27.3. The molecule has 3 rings (SSSR count). The fourth-order valence-electron chi connectivity index (χ4n) is 3.73. The Morgan fingerprint density at radius 2 is 1.82 bits per heavy atom. The van der Waals surface area contributed by atoms with Gasteiger partial charge in [-0.3, -0.25) is 14.5 Å². The van der Waals surface area contributed by atoms with Crippen molar-refractivity contribution in [3.63, 3.8) is 0 Å². The highest BCUT2D eigenvalue weighted by atomic mass is 32.1. The molecule has 5 nitrogen and oxygen atoms in total. The number of benzene rings is 1. The number of aryl methyl sites for hydroxylation is 1. The second kappa shape index (κ2) is 10.4. The van der Waals surface area contributed by atoms with E-state index in [0.29, 0.717) is 12.2 Å². The van der Waals surface area contributed by atoms with E-state index >= 15 is 0 Å². The maximum absolute atomic E-state index is 12.4. The molecule has 2 N–H and O–H groups in total. The van der Waals surface area contributed by atoms with Gasteiger partial charge in [-0.25, -0.2) is 0 Å². The van der Waals surface area contributed by atoms with Gasteiger partial charge < -0.3 is 10.6 Å². The fourth-order valence-corrected chi connectivity index (χ4v) is 4.44. The van der Waals surface area contributed by atoms with Crippen molar-refractivity contribution in [2.75, 3.05) is 25.0 Å². The molecular weight excluding hydrogens is 370 g/mol. The van der Waals surface area contributed by atoms with Crippen molar-refractivity contribution in [2.45, 2.75) is 45.1 Å². The Bertz CT molecular complexity index is 768. The van der Waals surface area contributed by atoms with Crippen molar-refractivity contribution in [2.24, 2.45) is 0 Å². The van der Waals surface area contributed by atoms with Gasteiger partial charge in [0.15, 0.2) is 0 Å². The molecule has 0 bridgehead atoms. The van der Waals surface area contributed by atoms with Crippen molar-refractivity contribution in [1.82, 2.24) is 10.2 Å². The Balaban J connectivity index is 1.62. The summed E-state index contributed by atoms with van der Waals surface area (Å²) in [5.74, 6) is -1.19. The molecule has 0 saturated carbocycles. The number of amides is 2. The number of hydrogen-bond donors (Lipinski definition) is 2. The molecular formula is C22H29N3O2S. The van der Waals surface area contributed by atoms with Crippen LogP contribution in [-0.4, -0.2) is 36.3 Å². The highest BCUT2D eigenvalue weighted by Crippen LogP contribution is 2.25. The van der Waals surface area contributed by atoms with Gasteiger partial charge in [-0.2, -0.15) is 11.3 Å². The maximum atomic E-state index is 12.4. The van der Waals surface area contributed by atoms with E-state index in [0.717, 1.165) is 25.1 Å². The van der Waals surface area contributed by atoms with Gasteiger partial charge in [0, 0.05) is 12.2 Å². The van der Waals surface area contributed by atoms with E-state index in [1.54, 1.807) is 11.3 Å². The van der Waals surface area contributed by atoms with Crippen LogP contribution in [0.25, 0.3) is 0 Å². The summed E-state index contributed by atoms with van der Waals surface area (Å²) in [5, 5.41) is 9.81. The average Bonchev–Trinajstić information content (AvgIpc) is 3.11. The molecule has 6 heteroatoms. The van der Waals surface area contributed by atoms with Gasteiger partial charge in [0.2, 0.25) is 0 Å². The topological polar surface area (TPSA) is 61.4 Å². The van der Waals surface area contributed by atoms with Crippen LogP contribution in [-0.2, 0) is 16.0 Å². The van der Waals surface area contributed by atoms with Crippen molar-refractivity contribution in [3.8, 4) is 0 Å². The third kappa shape index (κ3) is 5.42. The van der Waals surface area contributed by atoms with Gasteiger partial charge in [-0.15, -0.1) is 0 Å². The summed E-state index contributed by atoms with van der Waals surface area (Å²) >= 11 is 1.66. The summed E-state index contributed by atoms with van der Waals surface area (Å²) in [6, 6.07) is 9.81. The van der Waals surface area contributed by atoms with E-state index in [9.17, 15) is 9.59 Å². The zero-order chi connectivity index (χ0) is 19.8. The Morgan fingerprint density at radius 1 is 1.07 bits per heavy atom. The monoisotopic (exact) mass is 399 g/mol. The third-order valence-electron chi connectivity index (χ3n) is 5.32. The van der Waals surface area contributed by atoms with E-state index in [-0.39, 0.29) is 6.04 Å². The Kier molecular flexibility index (Phi) is 7.62. The lowest BCUT2D eigenvalue weighted by Gasteiger charge is -2.30. The summed E-state index contributed by atoms with van der Waals surface area (Å²) in [5.41, 5.74) is 2.93. The molecule has 2 aromatic rings. The predicted octanol–water partition coefficient (Wildman–Crippen LogP) is 3.98. The smallest absolute Gasteiger partial charge is 0.313 e. The van der Waals surface area contributed by atoms with Gasteiger partial charge in [0.25, 0.3) is 0 Å². The number of para-hydroxylation sites is 1. The molecule has 1 aromatic heterocycles. The van der Waals surface area contributed by atoms with E-state index in [2.05, 4.69) is 32.4 Å². The molecule has 1 atom stereocenters. The number of rotatable bonds is 6. The summed E-state index contributed by atoms with van der Waals surface area (Å²) in [6.07, 6.45) is 5.69. The highest BCUT2D eigenvalue weighted by Gasteiger charge is 2.24. The molecule has 1 unspecified atom stereocenters. The zero-order valence-electron chi connectivity index (χ0n) is 16.4. The second-order valence-electron chi connectivity index (χ2n) is 7.20. The molecule has 0 spiro atoms. The predicted molar refractivity (Wildman–Crippen MR) is 115 cm³/mol. The Hall–Kier alpha value is -2.18. The number of anilines is 1. The number of likely N-dealkylation sites (tertiary alicyclic amines) is 1. The number of nitrogens with one attached hydrogen (secondary N) is 2. The van der Waals surface area contributed by atoms with Crippen molar-refractivity contribution >= 4 is 28.8 Å². The normalized spacial score (nSPS) is 16.2. The lowest BCUT2D eigenvalue weighted by atomic mass is 10.1. The molecule has 1 aromatic carbocycles. The molecule has 1 fully saturated rings. The fraction of sp³-hybridized carbons (Fsp3) is 0.455. The quantitative estimate of drug-likeness (QED) is 0.722. The average molecular weight is 400 g/mol. The minimum absolute atomic E-state index is 0.115. The molecule has 2 amide bonds. The van der Waals surface area contributed by atoms with Crippen molar-refractivity contribution < 1.29 is 9.59 Å². The van der Waals surface area contributed by atoms with E-state index in [1.165, 1.54) is 31.2 Å². The largest absolute Gasteiger partial charge is 0.346 e. The summed E-state index contributed by atoms with van der Waals surface area (Å²) < 4.78 is 0. The van der Waals surface area contributed by atoms with E-state index in [4.69, 9.17) is 0 Å². The van der Waals surface area contributed by atoms with E-state index in [1.807, 2.05) is 31.2 Å². The maximum Gasteiger partial charge on any atom is 0.313 e. The number of hydrogen-bond acceptors (Lipinski definition) is 4. The first-order chi connectivity index (χ1) is 13.7. The molecule has 0 aliphatic carbocycles. The van der Waals surface area contributed by atoms with E-state index < -0.39 is 11.8 Å². The third-order valence-corrected chi connectivity index (χ3v) is 6.02. The Labute approximate surface area is 171 Å². The minimum atomic E-state index is -0.610. The molecule has 2 heterocycles. The molecule has 28 heavy (non-hydrogen) atoms. The summed E-state index contributed by atoms with van der Waals surface area (Å²) in [7, 11) is 0. The lowest BCUT2D eigenvalue weighted by Crippen LogP contribution is -2.42. The molecule has 1 aliphatic rings. The SMILES string of the molecule is CCc1ccccc1NC(=O)C(=O)NCC(c1ccsc1)N1CCCCCC1. The van der Waals surface area contributed by atoms with Gasteiger partial charge in [0.05, 0.1) is 6.04 Å². The van der Waals surface area contributed by atoms with Crippen molar-refractivity contribution in [3.05, 3.63) is 52.2 Å². The molecule has 0 radical (unpaired) electrons. The lowest BCUT2D eigenvalue weighted by molar-refractivity contribution is -0.136. The van der Waals surface area contributed by atoms with Gasteiger partial charge in [-0.05, 0) is 66.4 Å². The molecule has 1 aliphatic heterocycles. The first-order valence-corrected chi connectivity index (χ1v) is 11.1. The first-order valence-electron chi connectivity index (χ1n) is 10.1. The first kappa shape index (κ1) is 20.6. The van der Waals surface area contributed by atoms with Crippen LogP contribution in [0.5, 0.6) is 0 Å². The van der Waals surface area contributed by atoms with Crippen LogP contribution in [0, 0.1) is 0 Å². The summed E-state index contributed by atoms with van der Waals surface area (Å²) in [6.45, 7) is 4.54. The number of thiophene rings is 1. The van der Waals surface area contributed by atoms with Crippen LogP contribution in [0.2, 0.25) is 0 Å². The minimum Gasteiger partial charge on any atom is -0.346 e. The zero-order valence-corrected chi connectivity index (χ0v) is 17.3. The van der Waals surface area contributed by atoms with Crippen LogP contribution < -0.4 is 10.6 Å². The number of carbonyl (C=O) groups excluding carboxylic acids is 2. The van der Waals surface area contributed by atoms with Crippen LogP contribution in [0.15, 0.2) is 41.1 Å². The second-order valence-corrected chi connectivity index (χ2v) is 7.98. The van der Waals surface area contributed by atoms with Gasteiger partial charge in [0.1, 0.15) is 0 Å². The number of nitrogens with zero attached hydrogens (tertiary/aromatic N) is 1.